The van der Waals surface area contributed by atoms with Crippen LogP contribution in [0.1, 0.15) is 66.0 Å². The standard InChI is InChI=1S/C38H38F2N4O4/c1-38(2,3)48-35(46)13-11-23-10-12-32-31(17-23)27(22-43-32)20-34(45)44-33(18-24-15-28(39)21-29(40)16-24)36-30(9-6-14-42-36)25-7-5-8-26(19-25)37(47)41-4/h5-10,12,14-17,19,21-22,33,43H,11,13,18,20H2,1-4H3,(H,41,47)(H,44,45)/t33-/m0/s1. The SMILES string of the molecule is CNC(=O)c1cccc(-c2cccnc2[C@H](Cc2cc(F)cc(F)c2)NC(=O)Cc2c[nH]c3ccc(CCC(=O)OC(C)(C)C)cc23)c1. The van der Waals surface area contributed by atoms with E-state index in [2.05, 4.69) is 20.6 Å². The van der Waals surface area contributed by atoms with Gasteiger partial charge < -0.3 is 20.4 Å². The topological polar surface area (TPSA) is 113 Å². The van der Waals surface area contributed by atoms with E-state index in [1.54, 1.807) is 43.7 Å². The summed E-state index contributed by atoms with van der Waals surface area (Å²) in [6.07, 6.45) is 4.14. The molecule has 8 nitrogen and oxygen atoms in total. The van der Waals surface area contributed by atoms with E-state index in [1.165, 1.54) is 12.1 Å². The molecule has 0 bridgehead atoms. The maximum Gasteiger partial charge on any atom is 0.306 e. The van der Waals surface area contributed by atoms with Crippen LogP contribution in [0.5, 0.6) is 0 Å². The molecule has 0 fully saturated rings. The average Bonchev–Trinajstić information content (AvgIpc) is 3.43. The highest BCUT2D eigenvalue weighted by atomic mass is 19.1. The zero-order valence-corrected chi connectivity index (χ0v) is 27.3. The van der Waals surface area contributed by atoms with Crippen molar-refractivity contribution in [3.05, 3.63) is 125 Å². The molecule has 2 heterocycles. The van der Waals surface area contributed by atoms with E-state index in [9.17, 15) is 23.2 Å². The van der Waals surface area contributed by atoms with Crippen molar-refractivity contribution in [3.63, 3.8) is 0 Å². The van der Waals surface area contributed by atoms with Crippen LogP contribution >= 0.6 is 0 Å². The van der Waals surface area contributed by atoms with E-state index in [0.29, 0.717) is 34.4 Å². The lowest BCUT2D eigenvalue weighted by Gasteiger charge is -2.22. The van der Waals surface area contributed by atoms with E-state index in [0.717, 1.165) is 28.1 Å². The number of carbonyl (C=O) groups excluding carboxylic acids is 3. The number of pyridine rings is 1. The molecule has 1 atom stereocenters. The van der Waals surface area contributed by atoms with Crippen LogP contribution < -0.4 is 10.6 Å². The maximum atomic E-state index is 14.2. The van der Waals surface area contributed by atoms with Gasteiger partial charge in [-0.25, -0.2) is 8.78 Å². The molecule has 2 amide bonds. The number of amides is 2. The summed E-state index contributed by atoms with van der Waals surface area (Å²) < 4.78 is 33.9. The van der Waals surface area contributed by atoms with Gasteiger partial charge in [0.2, 0.25) is 5.91 Å². The Morgan fingerprint density at radius 1 is 0.938 bits per heavy atom. The minimum absolute atomic E-state index is 0.0118. The number of halogens is 2. The Kier molecular flexibility index (Phi) is 10.3. The van der Waals surface area contributed by atoms with Gasteiger partial charge in [-0.1, -0.05) is 24.3 Å². The molecule has 0 aliphatic carbocycles. The molecule has 0 saturated carbocycles. The number of aryl methyl sites for hydroxylation is 1. The predicted molar refractivity (Wildman–Crippen MR) is 180 cm³/mol. The van der Waals surface area contributed by atoms with Crippen molar-refractivity contribution in [3.8, 4) is 11.1 Å². The Balaban J connectivity index is 1.42. The second kappa shape index (κ2) is 14.6. The molecule has 2 aromatic heterocycles. The molecular formula is C38H38F2N4O4. The number of rotatable bonds is 11. The van der Waals surface area contributed by atoms with Gasteiger partial charge in [-0.15, -0.1) is 0 Å². The minimum Gasteiger partial charge on any atom is -0.460 e. The number of aromatic amines is 1. The van der Waals surface area contributed by atoms with E-state index in [1.807, 2.05) is 51.1 Å². The number of H-pyrrole nitrogens is 1. The van der Waals surface area contributed by atoms with Gasteiger partial charge in [0.15, 0.2) is 0 Å². The number of fused-ring (bicyclic) bond motifs is 1. The summed E-state index contributed by atoms with van der Waals surface area (Å²) in [6.45, 7) is 5.48. The zero-order valence-electron chi connectivity index (χ0n) is 27.3. The van der Waals surface area contributed by atoms with Crippen molar-refractivity contribution in [2.45, 2.75) is 58.1 Å². The molecule has 248 valence electrons. The first-order chi connectivity index (χ1) is 22.9. The third kappa shape index (κ3) is 8.70. The van der Waals surface area contributed by atoms with Crippen molar-refractivity contribution in [2.75, 3.05) is 7.05 Å². The van der Waals surface area contributed by atoms with Gasteiger partial charge >= 0.3 is 5.97 Å². The van der Waals surface area contributed by atoms with Gasteiger partial charge in [0, 0.05) is 54.0 Å². The van der Waals surface area contributed by atoms with Crippen LogP contribution in [0.3, 0.4) is 0 Å². The van der Waals surface area contributed by atoms with E-state index in [-0.39, 0.29) is 37.0 Å². The Labute approximate surface area is 277 Å². The fourth-order valence-corrected chi connectivity index (χ4v) is 5.68. The quantitative estimate of drug-likeness (QED) is 0.136. The molecule has 0 saturated heterocycles. The molecule has 5 aromatic rings. The van der Waals surface area contributed by atoms with Crippen molar-refractivity contribution >= 4 is 28.7 Å². The summed E-state index contributed by atoms with van der Waals surface area (Å²) in [5.41, 5.74) is 4.58. The zero-order chi connectivity index (χ0) is 34.4. The fraction of sp³-hybridized carbons (Fsp3) is 0.263. The van der Waals surface area contributed by atoms with Crippen LogP contribution in [0.4, 0.5) is 8.78 Å². The molecule has 0 aliphatic rings. The summed E-state index contributed by atoms with van der Waals surface area (Å²) in [5, 5.41) is 6.52. The second-order valence-corrected chi connectivity index (χ2v) is 12.7. The number of aromatic nitrogens is 2. The molecule has 48 heavy (non-hydrogen) atoms. The van der Waals surface area contributed by atoms with Crippen molar-refractivity contribution < 1.29 is 27.9 Å². The summed E-state index contributed by atoms with van der Waals surface area (Å²) in [5.74, 6) is -2.32. The van der Waals surface area contributed by atoms with Crippen molar-refractivity contribution in [2.24, 2.45) is 0 Å². The molecule has 10 heteroatoms. The Hall–Kier alpha value is -5.38. The van der Waals surface area contributed by atoms with Gasteiger partial charge in [0.25, 0.3) is 5.91 Å². The molecule has 5 rings (SSSR count). The normalized spacial score (nSPS) is 12.0. The average molecular weight is 653 g/mol. The van der Waals surface area contributed by atoms with Crippen LogP contribution in [0.2, 0.25) is 0 Å². The Morgan fingerprint density at radius 3 is 2.44 bits per heavy atom. The number of carbonyl (C=O) groups is 3. The van der Waals surface area contributed by atoms with Gasteiger partial charge in [-0.3, -0.25) is 19.4 Å². The molecule has 3 aromatic carbocycles. The van der Waals surface area contributed by atoms with Gasteiger partial charge in [0.1, 0.15) is 17.2 Å². The van der Waals surface area contributed by atoms with E-state index >= 15 is 0 Å². The Bertz CT molecular complexity index is 1940. The van der Waals surface area contributed by atoms with Crippen molar-refractivity contribution in [1.29, 1.82) is 0 Å². The molecule has 0 radical (unpaired) electrons. The highest BCUT2D eigenvalue weighted by Crippen LogP contribution is 2.30. The Morgan fingerprint density at radius 2 is 1.71 bits per heavy atom. The lowest BCUT2D eigenvalue weighted by atomic mass is 9.94. The minimum atomic E-state index is -0.770. The predicted octanol–water partition coefficient (Wildman–Crippen LogP) is 6.78. The third-order valence-electron chi connectivity index (χ3n) is 7.75. The number of nitrogens with zero attached hydrogens (tertiary/aromatic N) is 1. The molecule has 0 unspecified atom stereocenters. The summed E-state index contributed by atoms with van der Waals surface area (Å²) in [7, 11) is 1.55. The van der Waals surface area contributed by atoms with Gasteiger partial charge in [-0.05, 0) is 98.3 Å². The van der Waals surface area contributed by atoms with E-state index in [4.69, 9.17) is 4.74 Å². The lowest BCUT2D eigenvalue weighted by Crippen LogP contribution is -2.32. The monoisotopic (exact) mass is 652 g/mol. The second-order valence-electron chi connectivity index (χ2n) is 12.7. The van der Waals surface area contributed by atoms with E-state index < -0.39 is 23.3 Å². The van der Waals surface area contributed by atoms with Crippen LogP contribution in [-0.4, -0.2) is 40.4 Å². The first kappa shape index (κ1) is 34.0. The number of ether oxygens (including phenoxy) is 1. The van der Waals surface area contributed by atoms with Gasteiger partial charge in [-0.2, -0.15) is 0 Å². The van der Waals surface area contributed by atoms with Crippen molar-refractivity contribution in [1.82, 2.24) is 20.6 Å². The highest BCUT2D eigenvalue weighted by molar-refractivity contribution is 5.95. The number of nitrogens with one attached hydrogen (secondary N) is 3. The van der Waals surface area contributed by atoms with Gasteiger partial charge in [0.05, 0.1) is 18.2 Å². The number of hydrogen-bond donors (Lipinski definition) is 3. The summed E-state index contributed by atoms with van der Waals surface area (Å²) in [6, 6.07) is 18.9. The first-order valence-corrected chi connectivity index (χ1v) is 15.7. The molecule has 3 N–H and O–H groups in total. The fourth-order valence-electron chi connectivity index (χ4n) is 5.68. The maximum absolute atomic E-state index is 14.2. The van der Waals surface area contributed by atoms with Crippen LogP contribution in [-0.2, 0) is 33.6 Å². The summed E-state index contributed by atoms with van der Waals surface area (Å²) in [4.78, 5) is 46.2. The van der Waals surface area contributed by atoms with Crippen LogP contribution in [0, 0.1) is 11.6 Å². The lowest BCUT2D eigenvalue weighted by molar-refractivity contribution is -0.154. The first-order valence-electron chi connectivity index (χ1n) is 15.7. The van der Waals surface area contributed by atoms with Crippen LogP contribution in [0.15, 0.2) is 85.2 Å². The largest absolute Gasteiger partial charge is 0.460 e. The smallest absolute Gasteiger partial charge is 0.306 e. The molecule has 0 spiro atoms. The third-order valence-corrected chi connectivity index (χ3v) is 7.75. The van der Waals surface area contributed by atoms with Crippen LogP contribution in [0.25, 0.3) is 22.0 Å². The number of benzene rings is 3. The highest BCUT2D eigenvalue weighted by Gasteiger charge is 2.23. The number of hydrogen-bond acceptors (Lipinski definition) is 5. The number of esters is 1. The molecule has 0 aliphatic heterocycles. The summed E-state index contributed by atoms with van der Waals surface area (Å²) >= 11 is 0. The molecular weight excluding hydrogens is 614 g/mol.